The van der Waals surface area contributed by atoms with Crippen molar-refractivity contribution in [1.29, 1.82) is 0 Å². The molecule has 1 heterocycles. The molecule has 96 valence electrons. The van der Waals surface area contributed by atoms with Gasteiger partial charge in [0.2, 0.25) is 0 Å². The quantitative estimate of drug-likeness (QED) is 0.734. The zero-order valence-electron chi connectivity index (χ0n) is 10.9. The van der Waals surface area contributed by atoms with Crippen LogP contribution in [0.25, 0.3) is 11.6 Å². The van der Waals surface area contributed by atoms with Crippen molar-refractivity contribution in [2.24, 2.45) is 5.92 Å². The highest BCUT2D eigenvalue weighted by molar-refractivity contribution is 7.07. The molecule has 1 aromatic heterocycles. The van der Waals surface area contributed by atoms with Crippen LogP contribution >= 0.6 is 11.3 Å². The second-order valence-electron chi connectivity index (χ2n) is 4.92. The summed E-state index contributed by atoms with van der Waals surface area (Å²) in [7, 11) is 0. The van der Waals surface area contributed by atoms with Gasteiger partial charge >= 0.3 is 0 Å². The predicted molar refractivity (Wildman–Crippen MR) is 85.4 cm³/mol. The lowest BCUT2D eigenvalue weighted by atomic mass is 9.87. The first-order valence-corrected chi connectivity index (χ1v) is 7.63. The Labute approximate surface area is 122 Å². The van der Waals surface area contributed by atoms with E-state index in [0.717, 1.165) is 5.69 Å². The van der Waals surface area contributed by atoms with E-state index in [4.69, 9.17) is 0 Å². The lowest BCUT2D eigenvalue weighted by molar-refractivity contribution is 1.00. The number of nitrogens with zero attached hydrogens (tertiary/aromatic N) is 1. The second kappa shape index (κ2) is 4.73. The number of fused-ring (bicyclic) bond motifs is 2. The van der Waals surface area contributed by atoms with Crippen LogP contribution in [0.2, 0.25) is 0 Å². The predicted octanol–water partition coefficient (Wildman–Crippen LogP) is 4.71. The molecule has 1 aromatic carbocycles. The van der Waals surface area contributed by atoms with E-state index in [-0.39, 0.29) is 0 Å². The van der Waals surface area contributed by atoms with Gasteiger partial charge in [0.25, 0.3) is 0 Å². The van der Waals surface area contributed by atoms with Crippen LogP contribution < -0.4 is 0 Å². The summed E-state index contributed by atoms with van der Waals surface area (Å²) in [5.41, 5.74) is 8.11. The fourth-order valence-electron chi connectivity index (χ4n) is 2.83. The van der Waals surface area contributed by atoms with Crippen molar-refractivity contribution in [3.05, 3.63) is 87.9 Å². The summed E-state index contributed by atoms with van der Waals surface area (Å²) in [6.45, 7) is 0. The molecule has 0 N–H and O–H groups in total. The number of rotatable bonds is 1. The van der Waals surface area contributed by atoms with Gasteiger partial charge in [-0.05, 0) is 16.7 Å². The van der Waals surface area contributed by atoms with E-state index in [1.54, 1.807) is 11.3 Å². The number of hydrogen-bond acceptors (Lipinski definition) is 2. The molecule has 0 bridgehead atoms. The number of thiazole rings is 1. The minimum absolute atomic E-state index is 0.337. The van der Waals surface area contributed by atoms with Crippen molar-refractivity contribution in [3.63, 3.8) is 0 Å². The van der Waals surface area contributed by atoms with Crippen molar-refractivity contribution < 1.29 is 0 Å². The maximum Gasteiger partial charge on any atom is 0.0820 e. The molecule has 1 unspecified atom stereocenters. The molecule has 1 atom stereocenters. The Hall–Kier alpha value is -2.19. The normalized spacial score (nSPS) is 19.7. The number of hydrogen-bond donors (Lipinski definition) is 0. The molecular formula is C18H13NS. The average molecular weight is 275 g/mol. The molecule has 2 aliphatic rings. The third kappa shape index (κ3) is 1.81. The van der Waals surface area contributed by atoms with E-state index in [1.807, 2.05) is 5.51 Å². The van der Waals surface area contributed by atoms with E-state index in [9.17, 15) is 0 Å². The van der Waals surface area contributed by atoms with Gasteiger partial charge in [-0.15, -0.1) is 11.3 Å². The SMILES string of the molecule is C1=CC2=C(c3cscn3)c3ccccc3C=CC2C=C1. The molecule has 0 spiro atoms. The van der Waals surface area contributed by atoms with E-state index >= 15 is 0 Å². The van der Waals surface area contributed by atoms with Crippen molar-refractivity contribution >= 4 is 23.0 Å². The standard InChI is InChI=1S/C18H13NS/c1-3-7-15-13(5-1)9-10-14-6-2-4-8-16(14)18(15)17-11-20-12-19-17/h1-13H. The first kappa shape index (κ1) is 11.6. The van der Waals surface area contributed by atoms with Crippen LogP contribution in [0.15, 0.2) is 71.1 Å². The van der Waals surface area contributed by atoms with Crippen LogP contribution in [0.3, 0.4) is 0 Å². The fourth-order valence-corrected chi connectivity index (χ4v) is 3.37. The zero-order valence-corrected chi connectivity index (χ0v) is 11.7. The van der Waals surface area contributed by atoms with Crippen molar-refractivity contribution in [1.82, 2.24) is 4.98 Å². The maximum atomic E-state index is 4.55. The van der Waals surface area contributed by atoms with Gasteiger partial charge in [-0.1, -0.05) is 60.7 Å². The second-order valence-corrected chi connectivity index (χ2v) is 5.64. The highest BCUT2D eigenvalue weighted by Gasteiger charge is 2.21. The van der Waals surface area contributed by atoms with Gasteiger partial charge in [-0.25, -0.2) is 4.98 Å². The van der Waals surface area contributed by atoms with Crippen LogP contribution in [0.1, 0.15) is 16.8 Å². The summed E-state index contributed by atoms with van der Waals surface area (Å²) in [4.78, 5) is 4.55. The molecular weight excluding hydrogens is 262 g/mol. The first-order chi connectivity index (χ1) is 9.93. The monoisotopic (exact) mass is 275 g/mol. The van der Waals surface area contributed by atoms with Gasteiger partial charge < -0.3 is 0 Å². The molecule has 0 saturated carbocycles. The van der Waals surface area contributed by atoms with E-state index in [1.165, 1.54) is 22.3 Å². The Bertz CT molecular complexity index is 760. The Balaban J connectivity index is 2.05. The van der Waals surface area contributed by atoms with Gasteiger partial charge in [-0.2, -0.15) is 0 Å². The molecule has 2 aromatic rings. The summed E-state index contributed by atoms with van der Waals surface area (Å²) in [6.07, 6.45) is 13.2. The molecule has 0 fully saturated rings. The number of allylic oxidation sites excluding steroid dienone is 6. The van der Waals surface area contributed by atoms with Crippen molar-refractivity contribution in [2.45, 2.75) is 0 Å². The zero-order chi connectivity index (χ0) is 13.4. The van der Waals surface area contributed by atoms with Crippen LogP contribution in [-0.2, 0) is 0 Å². The Kier molecular flexibility index (Phi) is 2.75. The summed E-state index contributed by atoms with van der Waals surface area (Å²) in [6, 6.07) is 8.55. The lowest BCUT2D eigenvalue weighted by Crippen LogP contribution is -2.02. The molecule has 1 nitrogen and oxygen atoms in total. The Morgan fingerprint density at radius 2 is 1.95 bits per heavy atom. The van der Waals surface area contributed by atoms with Crippen LogP contribution in [0.4, 0.5) is 0 Å². The largest absolute Gasteiger partial charge is 0.245 e. The maximum absolute atomic E-state index is 4.55. The molecule has 0 amide bonds. The highest BCUT2D eigenvalue weighted by atomic mass is 32.1. The summed E-state index contributed by atoms with van der Waals surface area (Å²) < 4.78 is 0. The third-order valence-corrected chi connectivity index (χ3v) is 4.34. The van der Waals surface area contributed by atoms with Crippen LogP contribution in [0.5, 0.6) is 0 Å². The smallest absolute Gasteiger partial charge is 0.0820 e. The number of aromatic nitrogens is 1. The molecule has 4 rings (SSSR count). The number of benzene rings is 1. The first-order valence-electron chi connectivity index (χ1n) is 6.69. The average Bonchev–Trinajstić information content (AvgIpc) is 2.96. The van der Waals surface area contributed by atoms with Gasteiger partial charge in [-0.3, -0.25) is 0 Å². The fraction of sp³-hybridized carbons (Fsp3) is 0.0556. The van der Waals surface area contributed by atoms with E-state index < -0.39 is 0 Å². The van der Waals surface area contributed by atoms with Crippen molar-refractivity contribution in [2.75, 3.05) is 0 Å². The Morgan fingerprint density at radius 1 is 1.00 bits per heavy atom. The minimum atomic E-state index is 0.337. The molecule has 0 radical (unpaired) electrons. The van der Waals surface area contributed by atoms with Gasteiger partial charge in [0, 0.05) is 16.9 Å². The van der Waals surface area contributed by atoms with E-state index in [0.29, 0.717) is 5.92 Å². The van der Waals surface area contributed by atoms with Gasteiger partial charge in [0.05, 0.1) is 11.2 Å². The minimum Gasteiger partial charge on any atom is -0.245 e. The molecule has 0 saturated heterocycles. The Morgan fingerprint density at radius 3 is 2.85 bits per heavy atom. The van der Waals surface area contributed by atoms with Crippen LogP contribution in [0, 0.1) is 5.92 Å². The summed E-state index contributed by atoms with van der Waals surface area (Å²) in [5, 5.41) is 2.13. The molecule has 0 aliphatic heterocycles. The van der Waals surface area contributed by atoms with E-state index in [2.05, 4.69) is 71.1 Å². The van der Waals surface area contributed by atoms with Gasteiger partial charge in [0.15, 0.2) is 0 Å². The molecule has 20 heavy (non-hydrogen) atoms. The highest BCUT2D eigenvalue weighted by Crippen LogP contribution is 2.38. The van der Waals surface area contributed by atoms with Crippen LogP contribution in [-0.4, -0.2) is 4.98 Å². The lowest BCUT2D eigenvalue weighted by Gasteiger charge is -2.17. The molecule has 2 aliphatic carbocycles. The van der Waals surface area contributed by atoms with Crippen molar-refractivity contribution in [3.8, 4) is 0 Å². The third-order valence-electron chi connectivity index (χ3n) is 3.75. The topological polar surface area (TPSA) is 12.9 Å². The van der Waals surface area contributed by atoms with Gasteiger partial charge in [0.1, 0.15) is 0 Å². The molecule has 2 heteroatoms. The summed E-state index contributed by atoms with van der Waals surface area (Å²) in [5.74, 6) is 0.337. The summed E-state index contributed by atoms with van der Waals surface area (Å²) >= 11 is 1.65.